The van der Waals surface area contributed by atoms with E-state index in [0.29, 0.717) is 13.1 Å². The lowest BCUT2D eigenvalue weighted by molar-refractivity contribution is -0.132. The minimum atomic E-state index is -0.467. The van der Waals surface area contributed by atoms with Crippen molar-refractivity contribution in [1.29, 1.82) is 0 Å². The molecule has 0 spiro atoms. The zero-order valence-electron chi connectivity index (χ0n) is 10.7. The highest BCUT2D eigenvalue weighted by Crippen LogP contribution is 1.95. The van der Waals surface area contributed by atoms with Gasteiger partial charge in [-0.15, -0.1) is 12.4 Å². The maximum absolute atomic E-state index is 12.0. The van der Waals surface area contributed by atoms with Crippen molar-refractivity contribution < 1.29 is 4.79 Å². The first-order chi connectivity index (χ1) is 8.59. The summed E-state index contributed by atoms with van der Waals surface area (Å²) < 4.78 is 2.25. The number of nitrogens with one attached hydrogen (secondary N) is 1. The maximum atomic E-state index is 12.0. The molecule has 19 heavy (non-hydrogen) atoms. The van der Waals surface area contributed by atoms with E-state index in [0.717, 1.165) is 17.7 Å². The molecule has 1 aliphatic rings. The number of halogens is 1. The van der Waals surface area contributed by atoms with Crippen LogP contribution in [0.3, 0.4) is 0 Å². The molecular formula is C11H17ClN4O3. The van der Waals surface area contributed by atoms with Gasteiger partial charge < -0.3 is 10.2 Å². The zero-order chi connectivity index (χ0) is 13.1. The molecule has 7 nitrogen and oxygen atoms in total. The van der Waals surface area contributed by atoms with Crippen molar-refractivity contribution in [3.05, 3.63) is 33.1 Å². The van der Waals surface area contributed by atoms with E-state index < -0.39 is 5.69 Å². The minimum Gasteiger partial charge on any atom is -0.339 e. The molecule has 0 radical (unpaired) electrons. The van der Waals surface area contributed by atoms with E-state index in [2.05, 4.69) is 5.32 Å². The summed E-state index contributed by atoms with van der Waals surface area (Å²) in [6.07, 6.45) is 1.37. The number of hydrogen-bond donors (Lipinski definition) is 1. The van der Waals surface area contributed by atoms with Gasteiger partial charge in [-0.1, -0.05) is 0 Å². The number of rotatable bonds is 2. The average molecular weight is 289 g/mol. The van der Waals surface area contributed by atoms with Crippen LogP contribution in [0.15, 0.2) is 21.9 Å². The standard InChI is InChI=1S/C11H16N4O3.ClH/c1-13-9(16)2-5-15(11(13)18)8-10(17)14-6-3-12-4-7-14;/h2,5,12H,3-4,6-8H2,1H3;1H. The fourth-order valence-electron chi connectivity index (χ4n) is 1.90. The van der Waals surface area contributed by atoms with Crippen LogP contribution in [-0.2, 0) is 18.4 Å². The van der Waals surface area contributed by atoms with Crippen molar-refractivity contribution in [2.24, 2.45) is 7.05 Å². The quantitative estimate of drug-likeness (QED) is 0.711. The van der Waals surface area contributed by atoms with E-state index in [1.165, 1.54) is 23.9 Å². The van der Waals surface area contributed by atoms with Crippen molar-refractivity contribution in [2.75, 3.05) is 26.2 Å². The topological polar surface area (TPSA) is 76.3 Å². The summed E-state index contributed by atoms with van der Waals surface area (Å²) in [7, 11) is 1.40. The van der Waals surface area contributed by atoms with E-state index in [4.69, 9.17) is 0 Å². The van der Waals surface area contributed by atoms with Gasteiger partial charge in [0.2, 0.25) is 5.91 Å². The molecule has 1 aromatic rings. The van der Waals surface area contributed by atoms with E-state index in [-0.39, 0.29) is 30.4 Å². The van der Waals surface area contributed by atoms with Gasteiger partial charge in [-0.25, -0.2) is 4.79 Å². The number of piperazine rings is 1. The zero-order valence-corrected chi connectivity index (χ0v) is 11.5. The molecule has 2 rings (SSSR count). The summed E-state index contributed by atoms with van der Waals surface area (Å²) in [5, 5.41) is 3.15. The highest BCUT2D eigenvalue weighted by atomic mass is 35.5. The molecule has 1 N–H and O–H groups in total. The Balaban J connectivity index is 0.00000180. The second kappa shape index (κ2) is 6.53. The molecule has 0 unspecified atom stereocenters. The third kappa shape index (κ3) is 3.45. The Kier molecular flexibility index (Phi) is 5.31. The van der Waals surface area contributed by atoms with Gasteiger partial charge in [-0.2, -0.15) is 0 Å². The van der Waals surface area contributed by atoms with Crippen molar-refractivity contribution in [3.8, 4) is 0 Å². The number of nitrogens with zero attached hydrogens (tertiary/aromatic N) is 3. The molecule has 0 saturated carbocycles. The first-order valence-corrected chi connectivity index (χ1v) is 5.84. The monoisotopic (exact) mass is 288 g/mol. The Morgan fingerprint density at radius 2 is 1.95 bits per heavy atom. The molecule has 2 heterocycles. The number of amides is 1. The van der Waals surface area contributed by atoms with Crippen LogP contribution in [0.5, 0.6) is 0 Å². The van der Waals surface area contributed by atoms with Gasteiger partial charge >= 0.3 is 5.69 Å². The molecule has 1 saturated heterocycles. The van der Waals surface area contributed by atoms with Crippen LogP contribution in [0.1, 0.15) is 0 Å². The summed E-state index contributed by atoms with van der Waals surface area (Å²) in [4.78, 5) is 36.7. The van der Waals surface area contributed by atoms with Gasteiger partial charge in [0, 0.05) is 45.5 Å². The minimum absolute atomic E-state index is 0. The van der Waals surface area contributed by atoms with Gasteiger partial charge in [-0.05, 0) is 0 Å². The lowest BCUT2D eigenvalue weighted by atomic mass is 10.3. The van der Waals surface area contributed by atoms with Crippen LogP contribution in [0.4, 0.5) is 0 Å². The highest BCUT2D eigenvalue weighted by Gasteiger charge is 2.17. The second-order valence-electron chi connectivity index (χ2n) is 4.25. The average Bonchev–Trinajstić information content (AvgIpc) is 2.40. The molecule has 106 valence electrons. The summed E-state index contributed by atoms with van der Waals surface area (Å²) in [5.74, 6) is -0.0998. The van der Waals surface area contributed by atoms with Crippen LogP contribution >= 0.6 is 12.4 Å². The highest BCUT2D eigenvalue weighted by molar-refractivity contribution is 5.85. The Bertz CT molecular complexity index is 560. The van der Waals surface area contributed by atoms with Gasteiger partial charge in [0.05, 0.1) is 0 Å². The van der Waals surface area contributed by atoms with Crippen molar-refractivity contribution in [1.82, 2.24) is 19.4 Å². The lowest BCUT2D eigenvalue weighted by Crippen LogP contribution is -2.48. The molecule has 1 aliphatic heterocycles. The van der Waals surface area contributed by atoms with E-state index in [1.807, 2.05) is 0 Å². The normalized spacial score (nSPS) is 14.9. The molecule has 0 aromatic carbocycles. The van der Waals surface area contributed by atoms with Crippen LogP contribution in [0, 0.1) is 0 Å². The first kappa shape index (κ1) is 15.5. The summed E-state index contributed by atoms with van der Waals surface area (Å²) in [5.41, 5.74) is -0.836. The number of hydrogen-bond acceptors (Lipinski definition) is 4. The van der Waals surface area contributed by atoms with Crippen molar-refractivity contribution in [2.45, 2.75) is 6.54 Å². The Morgan fingerprint density at radius 1 is 1.32 bits per heavy atom. The molecule has 0 atom stereocenters. The van der Waals surface area contributed by atoms with Crippen molar-refractivity contribution >= 4 is 18.3 Å². The maximum Gasteiger partial charge on any atom is 0.331 e. The Morgan fingerprint density at radius 3 is 2.58 bits per heavy atom. The summed E-state index contributed by atoms with van der Waals surface area (Å²) in [6.45, 7) is 2.83. The fourth-order valence-corrected chi connectivity index (χ4v) is 1.90. The molecular weight excluding hydrogens is 272 g/mol. The lowest BCUT2D eigenvalue weighted by Gasteiger charge is -2.27. The van der Waals surface area contributed by atoms with Gasteiger partial charge in [0.15, 0.2) is 0 Å². The van der Waals surface area contributed by atoms with E-state index in [1.54, 1.807) is 4.90 Å². The largest absolute Gasteiger partial charge is 0.339 e. The Hall–Kier alpha value is -1.60. The first-order valence-electron chi connectivity index (χ1n) is 5.84. The van der Waals surface area contributed by atoms with Crippen LogP contribution < -0.4 is 16.6 Å². The third-order valence-corrected chi connectivity index (χ3v) is 3.04. The fraction of sp³-hybridized carbons (Fsp3) is 0.545. The smallest absolute Gasteiger partial charge is 0.331 e. The van der Waals surface area contributed by atoms with Gasteiger partial charge in [0.1, 0.15) is 6.54 Å². The van der Waals surface area contributed by atoms with Gasteiger partial charge in [0.25, 0.3) is 5.56 Å². The molecule has 0 aliphatic carbocycles. The van der Waals surface area contributed by atoms with Gasteiger partial charge in [-0.3, -0.25) is 18.7 Å². The third-order valence-electron chi connectivity index (χ3n) is 3.04. The molecule has 1 fully saturated rings. The van der Waals surface area contributed by atoms with Crippen molar-refractivity contribution in [3.63, 3.8) is 0 Å². The predicted molar refractivity (Wildman–Crippen MR) is 72.6 cm³/mol. The van der Waals surface area contributed by atoms with Crippen LogP contribution in [0.2, 0.25) is 0 Å². The predicted octanol–water partition coefficient (Wildman–Crippen LogP) is -1.60. The summed E-state index contributed by atoms with van der Waals surface area (Å²) in [6, 6.07) is 1.28. The molecule has 1 aromatic heterocycles. The number of carbonyl (C=O) groups is 1. The molecule has 8 heteroatoms. The second-order valence-corrected chi connectivity index (χ2v) is 4.25. The Labute approximate surface area is 116 Å². The van der Waals surface area contributed by atoms with Crippen LogP contribution in [0.25, 0.3) is 0 Å². The van der Waals surface area contributed by atoms with E-state index >= 15 is 0 Å². The summed E-state index contributed by atoms with van der Waals surface area (Å²) >= 11 is 0. The number of carbonyl (C=O) groups excluding carboxylic acids is 1. The van der Waals surface area contributed by atoms with Crippen LogP contribution in [-0.4, -0.2) is 46.1 Å². The van der Waals surface area contributed by atoms with E-state index in [9.17, 15) is 14.4 Å². The SMILES string of the molecule is Cl.Cn1c(=O)ccn(CC(=O)N2CCNCC2)c1=O. The molecule has 0 bridgehead atoms. The molecule has 1 amide bonds. The number of aromatic nitrogens is 2.